The fourth-order valence-electron chi connectivity index (χ4n) is 2.56. The van der Waals surface area contributed by atoms with E-state index in [4.69, 9.17) is 11.6 Å². The first-order chi connectivity index (χ1) is 11.3. The highest BCUT2D eigenvalue weighted by Gasteiger charge is 2.28. The van der Waals surface area contributed by atoms with E-state index in [0.717, 1.165) is 12.0 Å². The molecule has 1 fully saturated rings. The van der Waals surface area contributed by atoms with Gasteiger partial charge in [0.2, 0.25) is 11.8 Å². The molecule has 0 saturated carbocycles. The van der Waals surface area contributed by atoms with Crippen molar-refractivity contribution in [3.05, 3.63) is 34.9 Å². The van der Waals surface area contributed by atoms with Gasteiger partial charge in [-0.1, -0.05) is 23.7 Å². The van der Waals surface area contributed by atoms with E-state index in [1.54, 1.807) is 0 Å². The van der Waals surface area contributed by atoms with Crippen molar-refractivity contribution in [2.24, 2.45) is 0 Å². The second kappa shape index (κ2) is 8.48. The summed E-state index contributed by atoms with van der Waals surface area (Å²) >= 11 is 5.81. The van der Waals surface area contributed by atoms with E-state index in [1.165, 1.54) is 0 Å². The fraction of sp³-hybridized carbons (Fsp3) is 0.500. The van der Waals surface area contributed by atoms with Crippen LogP contribution in [0.4, 0.5) is 0 Å². The lowest BCUT2D eigenvalue weighted by molar-refractivity contribution is -0.126. The van der Waals surface area contributed by atoms with Crippen molar-refractivity contribution >= 4 is 33.3 Å². The third-order valence-corrected chi connectivity index (χ3v) is 5.85. The molecule has 8 heteroatoms. The van der Waals surface area contributed by atoms with Crippen molar-refractivity contribution in [3.63, 3.8) is 0 Å². The molecule has 1 aliphatic heterocycles. The topological polar surface area (TPSA) is 92.3 Å². The van der Waals surface area contributed by atoms with Gasteiger partial charge in [-0.15, -0.1) is 0 Å². The average Bonchev–Trinajstić information content (AvgIpc) is 2.86. The summed E-state index contributed by atoms with van der Waals surface area (Å²) < 4.78 is 22.6. The van der Waals surface area contributed by atoms with Gasteiger partial charge in [0.1, 0.15) is 0 Å². The van der Waals surface area contributed by atoms with Gasteiger partial charge in [-0.3, -0.25) is 9.59 Å². The number of sulfone groups is 1. The Balaban J connectivity index is 1.60. The van der Waals surface area contributed by atoms with Gasteiger partial charge in [0.05, 0.1) is 18.1 Å². The van der Waals surface area contributed by atoms with Gasteiger partial charge in [0.25, 0.3) is 0 Å². The molecule has 1 aliphatic rings. The number of halogens is 1. The zero-order valence-electron chi connectivity index (χ0n) is 13.3. The van der Waals surface area contributed by atoms with Crippen LogP contribution in [-0.4, -0.2) is 44.3 Å². The maximum atomic E-state index is 11.7. The first-order valence-electron chi connectivity index (χ1n) is 7.85. The highest BCUT2D eigenvalue weighted by molar-refractivity contribution is 7.91. The monoisotopic (exact) mass is 372 g/mol. The van der Waals surface area contributed by atoms with Crippen molar-refractivity contribution in [1.82, 2.24) is 10.6 Å². The van der Waals surface area contributed by atoms with E-state index in [0.29, 0.717) is 24.3 Å². The normalized spacial score (nSPS) is 19.0. The SMILES string of the molecule is O=C(CCCc1ccc(Cl)cc1)NCC(=O)NC1CCS(=O)(=O)C1. The Morgan fingerprint density at radius 2 is 1.88 bits per heavy atom. The van der Waals surface area contributed by atoms with Crippen LogP contribution in [0, 0.1) is 0 Å². The highest BCUT2D eigenvalue weighted by atomic mass is 35.5. The van der Waals surface area contributed by atoms with E-state index in [2.05, 4.69) is 10.6 Å². The molecule has 0 aliphatic carbocycles. The summed E-state index contributed by atoms with van der Waals surface area (Å²) in [6, 6.07) is 7.12. The molecule has 1 atom stereocenters. The van der Waals surface area contributed by atoms with Crippen LogP contribution in [0.25, 0.3) is 0 Å². The second-order valence-electron chi connectivity index (χ2n) is 5.92. The summed E-state index contributed by atoms with van der Waals surface area (Å²) in [5.74, 6) is -0.468. The van der Waals surface area contributed by atoms with Crippen molar-refractivity contribution in [2.75, 3.05) is 18.1 Å². The van der Waals surface area contributed by atoms with Gasteiger partial charge < -0.3 is 10.6 Å². The Morgan fingerprint density at radius 1 is 1.17 bits per heavy atom. The number of benzene rings is 1. The Labute approximate surface area is 146 Å². The summed E-state index contributed by atoms with van der Waals surface area (Å²) in [4.78, 5) is 23.4. The molecule has 1 heterocycles. The molecule has 2 N–H and O–H groups in total. The predicted octanol–water partition coefficient (Wildman–Crippen LogP) is 1.08. The molecule has 1 aromatic carbocycles. The number of hydrogen-bond donors (Lipinski definition) is 2. The van der Waals surface area contributed by atoms with Crippen LogP contribution in [0.1, 0.15) is 24.8 Å². The Hall–Kier alpha value is -1.60. The van der Waals surface area contributed by atoms with Crippen LogP contribution in [0.15, 0.2) is 24.3 Å². The van der Waals surface area contributed by atoms with Gasteiger partial charge in [-0.05, 0) is 37.0 Å². The van der Waals surface area contributed by atoms with Crippen molar-refractivity contribution < 1.29 is 18.0 Å². The van der Waals surface area contributed by atoms with Crippen LogP contribution in [0.5, 0.6) is 0 Å². The standard InChI is InChI=1S/C16H21ClN2O4S/c17-13-6-4-12(5-7-13)2-1-3-15(20)18-10-16(21)19-14-8-9-24(22,23)11-14/h4-7,14H,1-3,8-11H2,(H,18,20)(H,19,21). The molecule has 1 saturated heterocycles. The number of carbonyl (C=O) groups excluding carboxylic acids is 2. The zero-order valence-corrected chi connectivity index (χ0v) is 14.8. The van der Waals surface area contributed by atoms with Crippen molar-refractivity contribution in [3.8, 4) is 0 Å². The zero-order chi connectivity index (χ0) is 17.6. The Bertz CT molecular complexity index is 689. The van der Waals surface area contributed by atoms with E-state index in [9.17, 15) is 18.0 Å². The average molecular weight is 373 g/mol. The van der Waals surface area contributed by atoms with Crippen LogP contribution in [0.3, 0.4) is 0 Å². The maximum Gasteiger partial charge on any atom is 0.239 e. The summed E-state index contributed by atoms with van der Waals surface area (Å²) in [7, 11) is -3.02. The number of nitrogens with one attached hydrogen (secondary N) is 2. The summed E-state index contributed by atoms with van der Waals surface area (Å²) in [6.07, 6.45) is 2.20. The summed E-state index contributed by atoms with van der Waals surface area (Å²) in [5, 5.41) is 5.86. The number of carbonyl (C=O) groups is 2. The largest absolute Gasteiger partial charge is 0.351 e. The minimum atomic E-state index is -3.02. The van der Waals surface area contributed by atoms with Crippen LogP contribution in [0.2, 0.25) is 5.02 Å². The lowest BCUT2D eigenvalue weighted by atomic mass is 10.1. The maximum absolute atomic E-state index is 11.7. The number of rotatable bonds is 7. The molecule has 132 valence electrons. The first kappa shape index (κ1) is 18.7. The quantitative estimate of drug-likeness (QED) is 0.749. The van der Waals surface area contributed by atoms with Crippen LogP contribution in [-0.2, 0) is 25.8 Å². The van der Waals surface area contributed by atoms with E-state index in [1.807, 2.05) is 24.3 Å². The summed E-state index contributed by atoms with van der Waals surface area (Å²) in [6.45, 7) is -0.129. The molecule has 0 spiro atoms. The summed E-state index contributed by atoms with van der Waals surface area (Å²) in [5.41, 5.74) is 1.10. The first-order valence-corrected chi connectivity index (χ1v) is 10.0. The lowest BCUT2D eigenvalue weighted by Crippen LogP contribution is -2.42. The van der Waals surface area contributed by atoms with E-state index in [-0.39, 0.29) is 35.9 Å². The lowest BCUT2D eigenvalue weighted by Gasteiger charge is -2.11. The number of hydrogen-bond acceptors (Lipinski definition) is 4. The number of amides is 2. The highest BCUT2D eigenvalue weighted by Crippen LogP contribution is 2.12. The smallest absolute Gasteiger partial charge is 0.239 e. The molecule has 0 radical (unpaired) electrons. The Morgan fingerprint density at radius 3 is 2.50 bits per heavy atom. The van der Waals surface area contributed by atoms with Gasteiger partial charge >= 0.3 is 0 Å². The molecular formula is C16H21ClN2O4S. The molecular weight excluding hydrogens is 352 g/mol. The third-order valence-electron chi connectivity index (χ3n) is 3.83. The Kier molecular flexibility index (Phi) is 6.62. The van der Waals surface area contributed by atoms with E-state index < -0.39 is 9.84 Å². The predicted molar refractivity (Wildman–Crippen MR) is 92.6 cm³/mol. The van der Waals surface area contributed by atoms with Crippen molar-refractivity contribution in [2.45, 2.75) is 31.7 Å². The molecule has 0 aromatic heterocycles. The molecule has 24 heavy (non-hydrogen) atoms. The van der Waals surface area contributed by atoms with Gasteiger partial charge in [0, 0.05) is 17.5 Å². The molecule has 6 nitrogen and oxygen atoms in total. The van der Waals surface area contributed by atoms with Crippen molar-refractivity contribution in [1.29, 1.82) is 0 Å². The molecule has 2 rings (SSSR count). The molecule has 0 bridgehead atoms. The third kappa shape index (κ3) is 6.49. The second-order valence-corrected chi connectivity index (χ2v) is 8.59. The van der Waals surface area contributed by atoms with Gasteiger partial charge in [-0.2, -0.15) is 0 Å². The number of aryl methyl sites for hydroxylation is 1. The van der Waals surface area contributed by atoms with Gasteiger partial charge in [-0.25, -0.2) is 8.42 Å². The molecule has 1 unspecified atom stereocenters. The van der Waals surface area contributed by atoms with Crippen LogP contribution >= 0.6 is 11.6 Å². The molecule has 1 aromatic rings. The van der Waals surface area contributed by atoms with E-state index >= 15 is 0 Å². The van der Waals surface area contributed by atoms with Gasteiger partial charge in [0.15, 0.2) is 9.84 Å². The fourth-order valence-corrected chi connectivity index (χ4v) is 4.36. The molecule has 2 amide bonds. The minimum absolute atomic E-state index is 0.0201. The van der Waals surface area contributed by atoms with Crippen LogP contribution < -0.4 is 10.6 Å². The minimum Gasteiger partial charge on any atom is -0.351 e.